The molecule has 9 nitrogen and oxygen atoms in total. The molecule has 3 aliphatic rings. The van der Waals surface area contributed by atoms with Gasteiger partial charge in [-0.3, -0.25) is 9.59 Å². The number of allylic oxidation sites excluding steroid dienone is 4. The number of hydrogen-bond acceptors (Lipinski definition) is 6. The van der Waals surface area contributed by atoms with Gasteiger partial charge in [0.25, 0.3) is 0 Å². The molecule has 1 aliphatic heterocycles. The summed E-state index contributed by atoms with van der Waals surface area (Å²) in [5.74, 6) is -0.826. The molecule has 1 N–H and O–H groups in total. The molecule has 1 fully saturated rings. The molecule has 1 aromatic heterocycles. The number of para-hydroxylation sites is 1. The summed E-state index contributed by atoms with van der Waals surface area (Å²) in [6.07, 6.45) is 2.07. The van der Waals surface area contributed by atoms with E-state index in [1.807, 2.05) is 19.1 Å². The van der Waals surface area contributed by atoms with Crippen LogP contribution in [0.25, 0.3) is 5.69 Å². The Hall–Kier alpha value is -3.92. The first-order chi connectivity index (χ1) is 19.4. The number of rotatable bonds is 3. The van der Waals surface area contributed by atoms with Gasteiger partial charge in [-0.05, 0) is 82.7 Å². The van der Waals surface area contributed by atoms with Crippen molar-refractivity contribution >= 4 is 27.5 Å². The normalized spacial score (nSPS) is 27.2. The van der Waals surface area contributed by atoms with Crippen LogP contribution >= 0.6 is 15.9 Å². The molecule has 0 spiro atoms. The Balaban J connectivity index is 1.66. The lowest BCUT2D eigenvalue weighted by Gasteiger charge is -2.58. The van der Waals surface area contributed by atoms with E-state index in [4.69, 9.17) is 4.74 Å². The monoisotopic (exact) mass is 619 g/mol. The van der Waals surface area contributed by atoms with Gasteiger partial charge in [-0.25, -0.2) is 23.5 Å². The maximum atomic E-state index is 14.3. The number of carbonyl (C=O) groups is 2. The molecule has 0 bridgehead atoms. The number of phenols is 1. The van der Waals surface area contributed by atoms with E-state index in [1.165, 1.54) is 16.5 Å². The van der Waals surface area contributed by atoms with Crippen molar-refractivity contribution in [1.29, 1.82) is 0 Å². The van der Waals surface area contributed by atoms with Crippen molar-refractivity contribution in [2.45, 2.75) is 52.6 Å². The zero-order chi connectivity index (χ0) is 29.6. The van der Waals surface area contributed by atoms with Crippen LogP contribution in [0.4, 0.5) is 0 Å². The van der Waals surface area contributed by atoms with Crippen molar-refractivity contribution in [3.63, 3.8) is 0 Å². The molecular weight excluding hydrogens is 590 g/mol. The van der Waals surface area contributed by atoms with E-state index < -0.39 is 34.2 Å². The van der Waals surface area contributed by atoms with Gasteiger partial charge in [-0.15, -0.1) is 0 Å². The first kappa shape index (κ1) is 27.3. The molecule has 0 radical (unpaired) electrons. The highest BCUT2D eigenvalue weighted by atomic mass is 79.9. The summed E-state index contributed by atoms with van der Waals surface area (Å²) in [6.45, 7) is 7.12. The topological polar surface area (TPSA) is 113 Å². The van der Waals surface area contributed by atoms with Crippen LogP contribution in [0.2, 0.25) is 0 Å². The number of methoxy groups -OCH3 is 1. The van der Waals surface area contributed by atoms with E-state index in [-0.39, 0.29) is 36.0 Å². The number of nitrogens with zero attached hydrogens (tertiary/aromatic N) is 3. The van der Waals surface area contributed by atoms with E-state index in [2.05, 4.69) is 15.9 Å². The molecule has 6 rings (SSSR count). The fourth-order valence-corrected chi connectivity index (χ4v) is 7.75. The molecule has 2 aromatic carbocycles. The third-order valence-electron chi connectivity index (χ3n) is 9.73. The van der Waals surface area contributed by atoms with Crippen LogP contribution in [0, 0.1) is 10.8 Å². The average molecular weight is 621 g/mol. The predicted octanol–water partition coefficient (Wildman–Crippen LogP) is 4.45. The number of aromatic nitrogens is 3. The highest BCUT2D eigenvalue weighted by Gasteiger charge is 2.66. The van der Waals surface area contributed by atoms with Crippen LogP contribution < -0.4 is 16.1 Å². The van der Waals surface area contributed by atoms with Gasteiger partial charge < -0.3 is 9.84 Å². The smallest absolute Gasteiger partial charge is 0.352 e. The molecule has 10 heteroatoms. The maximum absolute atomic E-state index is 14.3. The first-order valence-corrected chi connectivity index (χ1v) is 14.2. The minimum atomic E-state index is -1.22. The van der Waals surface area contributed by atoms with E-state index in [1.54, 1.807) is 57.2 Å². The van der Waals surface area contributed by atoms with Gasteiger partial charge in [-0.1, -0.05) is 38.1 Å². The summed E-state index contributed by atoms with van der Waals surface area (Å²) in [4.78, 5) is 56.0. The number of hydrogen-bond donors (Lipinski definition) is 1. The number of phenolic OH excluding ortho intramolecular Hbond substituents is 1. The Morgan fingerprint density at radius 2 is 1.63 bits per heavy atom. The Kier molecular flexibility index (Phi) is 6.01. The lowest BCUT2D eigenvalue weighted by atomic mass is 9.43. The molecule has 2 aliphatic carbocycles. The predicted molar refractivity (Wildman–Crippen MR) is 156 cm³/mol. The number of ether oxygens (including phenoxy) is 1. The van der Waals surface area contributed by atoms with Crippen molar-refractivity contribution in [2.75, 3.05) is 7.11 Å². The standard InChI is InChI=1S/C31H30BrN3O6/c1-16-17(2)27(38)31(4)24(18-13-21(32)25(36)23(14-18)41-5)20-11-12-33-28(39)34(19-9-7-6-8-10-19)29(40)35(33)22(20)15-30(31,3)26(16)37/h6-11,13-14,22,24,36H,12,15H2,1-5H3/t22-,24+,30+,31-/m1/s1. The van der Waals surface area contributed by atoms with Crippen LogP contribution in [-0.4, -0.2) is 37.7 Å². The van der Waals surface area contributed by atoms with Crippen molar-refractivity contribution in [3.05, 3.63) is 96.3 Å². The van der Waals surface area contributed by atoms with Gasteiger partial charge in [0.15, 0.2) is 23.1 Å². The molecule has 0 amide bonds. The van der Waals surface area contributed by atoms with Crippen molar-refractivity contribution < 1.29 is 19.4 Å². The molecule has 0 saturated heterocycles. The van der Waals surface area contributed by atoms with Gasteiger partial charge in [0.05, 0.1) is 35.3 Å². The Bertz CT molecular complexity index is 1850. The fourth-order valence-electron chi connectivity index (χ4n) is 7.29. The molecule has 41 heavy (non-hydrogen) atoms. The molecular formula is C31H30BrN3O6. The third kappa shape index (κ3) is 3.40. The summed E-state index contributed by atoms with van der Waals surface area (Å²) < 4.78 is 9.83. The molecule has 1 saturated carbocycles. The largest absolute Gasteiger partial charge is 0.503 e. The Morgan fingerprint density at radius 1 is 0.976 bits per heavy atom. The number of Topliss-reactive ketones (excluding diaryl/α,β-unsaturated/α-hetero) is 2. The maximum Gasteiger partial charge on any atom is 0.352 e. The number of benzene rings is 2. The van der Waals surface area contributed by atoms with Crippen LogP contribution in [0.3, 0.4) is 0 Å². The van der Waals surface area contributed by atoms with Gasteiger partial charge >= 0.3 is 11.4 Å². The number of aromatic hydroxyl groups is 1. The third-order valence-corrected chi connectivity index (χ3v) is 10.3. The van der Waals surface area contributed by atoms with Crippen molar-refractivity contribution in [1.82, 2.24) is 13.9 Å². The quantitative estimate of drug-likeness (QED) is 0.434. The van der Waals surface area contributed by atoms with Gasteiger partial charge in [0, 0.05) is 11.3 Å². The van der Waals surface area contributed by atoms with Crippen LogP contribution in [0.15, 0.2) is 79.3 Å². The Morgan fingerprint density at radius 3 is 2.29 bits per heavy atom. The van der Waals surface area contributed by atoms with E-state index in [0.717, 1.165) is 10.1 Å². The van der Waals surface area contributed by atoms with E-state index >= 15 is 0 Å². The highest BCUT2D eigenvalue weighted by molar-refractivity contribution is 9.10. The second-order valence-corrected chi connectivity index (χ2v) is 12.4. The second-order valence-electron chi connectivity index (χ2n) is 11.5. The van der Waals surface area contributed by atoms with Crippen LogP contribution in [-0.2, 0) is 16.1 Å². The van der Waals surface area contributed by atoms with E-state index in [0.29, 0.717) is 26.9 Å². The highest BCUT2D eigenvalue weighted by Crippen LogP contribution is 2.66. The van der Waals surface area contributed by atoms with Crippen LogP contribution in [0.1, 0.15) is 51.6 Å². The number of ketones is 2. The summed E-state index contributed by atoms with van der Waals surface area (Å²) in [5.41, 5.74) is -0.703. The zero-order valence-corrected chi connectivity index (χ0v) is 25.0. The number of halogens is 1. The SMILES string of the molecule is COc1cc([C@H]2C3=CCn4c(=O)n(-c5ccccc5)c(=O)n4[C@@H]3C[C@@]3(C)C(=O)C(C)=C(C)C(=O)[C@@]23C)cc(Br)c1O. The second kappa shape index (κ2) is 9.04. The van der Waals surface area contributed by atoms with Gasteiger partial charge in [0.2, 0.25) is 0 Å². The summed E-state index contributed by atoms with van der Waals surface area (Å²) >= 11 is 3.42. The molecule has 212 valence electrons. The summed E-state index contributed by atoms with van der Waals surface area (Å²) in [6, 6.07) is 11.5. The number of fused-ring (bicyclic) bond motifs is 4. The van der Waals surface area contributed by atoms with Crippen molar-refractivity contribution in [2.24, 2.45) is 10.8 Å². The lowest BCUT2D eigenvalue weighted by molar-refractivity contribution is -0.151. The number of carbonyl (C=O) groups excluding carboxylic acids is 2. The van der Waals surface area contributed by atoms with Gasteiger partial charge in [-0.2, -0.15) is 0 Å². The minimum absolute atomic E-state index is 0.0860. The first-order valence-electron chi connectivity index (χ1n) is 13.4. The molecule has 3 aromatic rings. The lowest BCUT2D eigenvalue weighted by Crippen LogP contribution is -2.61. The summed E-state index contributed by atoms with van der Waals surface area (Å²) in [5, 5.41) is 10.6. The molecule has 0 unspecified atom stereocenters. The van der Waals surface area contributed by atoms with Crippen molar-refractivity contribution in [3.8, 4) is 17.2 Å². The average Bonchev–Trinajstić information content (AvgIpc) is 3.22. The van der Waals surface area contributed by atoms with Crippen LogP contribution in [0.5, 0.6) is 11.5 Å². The van der Waals surface area contributed by atoms with Gasteiger partial charge in [0.1, 0.15) is 0 Å². The molecule has 2 heterocycles. The Labute approximate surface area is 244 Å². The van der Waals surface area contributed by atoms with E-state index in [9.17, 15) is 24.3 Å². The fraction of sp³-hybridized carbons (Fsp3) is 0.355. The molecule has 4 atom stereocenters. The minimum Gasteiger partial charge on any atom is -0.503 e. The summed E-state index contributed by atoms with van der Waals surface area (Å²) in [7, 11) is 1.44. The zero-order valence-electron chi connectivity index (χ0n) is 23.4.